The van der Waals surface area contributed by atoms with Gasteiger partial charge in [-0.05, 0) is 29.9 Å². The summed E-state index contributed by atoms with van der Waals surface area (Å²) in [4.78, 5) is 0. The fourth-order valence-electron chi connectivity index (χ4n) is 2.01. The topological polar surface area (TPSA) is 46.2 Å². The molecule has 2 unspecified atom stereocenters. The van der Waals surface area contributed by atoms with Crippen molar-refractivity contribution >= 4 is 0 Å². The molecule has 1 aromatic carbocycles. The lowest BCUT2D eigenvalue weighted by Gasteiger charge is -2.31. The van der Waals surface area contributed by atoms with Crippen molar-refractivity contribution in [3.8, 4) is 0 Å². The molecule has 0 saturated carbocycles. The van der Waals surface area contributed by atoms with Crippen molar-refractivity contribution in [3.63, 3.8) is 0 Å². The van der Waals surface area contributed by atoms with E-state index in [2.05, 4.69) is 24.3 Å². The van der Waals surface area contributed by atoms with Crippen LogP contribution in [0.2, 0.25) is 0 Å². The standard InChI is InChI=1S/C11H15NO/c12-10(7-13)6-9-5-8-3-1-2-4-11(8)9/h1-4,9-10,13H,5-7,12H2. The van der Waals surface area contributed by atoms with Crippen molar-refractivity contribution in [2.24, 2.45) is 5.73 Å². The molecule has 1 aliphatic rings. The maximum absolute atomic E-state index is 8.83. The molecule has 0 saturated heterocycles. The minimum absolute atomic E-state index is 0.0571. The highest BCUT2D eigenvalue weighted by Gasteiger charge is 2.26. The number of nitrogens with two attached hydrogens (primary N) is 1. The lowest BCUT2D eigenvalue weighted by Crippen LogP contribution is -2.30. The first-order valence-electron chi connectivity index (χ1n) is 4.75. The van der Waals surface area contributed by atoms with Crippen LogP contribution in [0, 0.1) is 0 Å². The SMILES string of the molecule is NC(CO)CC1Cc2ccccc21. The molecule has 2 atom stereocenters. The lowest BCUT2D eigenvalue weighted by molar-refractivity contribution is 0.251. The first-order chi connectivity index (χ1) is 6.31. The smallest absolute Gasteiger partial charge is 0.0582 e. The van der Waals surface area contributed by atoms with Gasteiger partial charge >= 0.3 is 0 Å². The number of hydrogen-bond acceptors (Lipinski definition) is 2. The van der Waals surface area contributed by atoms with Gasteiger partial charge in [-0.2, -0.15) is 0 Å². The molecule has 0 bridgehead atoms. The van der Waals surface area contributed by atoms with E-state index in [0.29, 0.717) is 5.92 Å². The molecule has 0 spiro atoms. The van der Waals surface area contributed by atoms with E-state index >= 15 is 0 Å². The fraction of sp³-hybridized carbons (Fsp3) is 0.455. The summed E-state index contributed by atoms with van der Waals surface area (Å²) in [5, 5.41) is 8.83. The number of rotatable bonds is 3. The van der Waals surface area contributed by atoms with Gasteiger partial charge in [0.1, 0.15) is 0 Å². The molecule has 0 aromatic heterocycles. The Labute approximate surface area is 78.4 Å². The van der Waals surface area contributed by atoms with E-state index in [1.807, 2.05) is 0 Å². The van der Waals surface area contributed by atoms with Gasteiger partial charge in [0.05, 0.1) is 6.61 Å². The van der Waals surface area contributed by atoms with Crippen LogP contribution in [0.15, 0.2) is 24.3 Å². The van der Waals surface area contributed by atoms with Crippen molar-refractivity contribution in [1.82, 2.24) is 0 Å². The van der Waals surface area contributed by atoms with E-state index in [0.717, 1.165) is 12.8 Å². The Morgan fingerprint density at radius 3 is 2.92 bits per heavy atom. The Hall–Kier alpha value is -0.860. The van der Waals surface area contributed by atoms with Gasteiger partial charge in [0.2, 0.25) is 0 Å². The van der Waals surface area contributed by atoms with Gasteiger partial charge in [0, 0.05) is 6.04 Å². The average molecular weight is 177 g/mol. The molecule has 0 radical (unpaired) electrons. The van der Waals surface area contributed by atoms with Crippen molar-refractivity contribution in [1.29, 1.82) is 0 Å². The van der Waals surface area contributed by atoms with Crippen LogP contribution in [0.1, 0.15) is 23.5 Å². The molecular weight excluding hydrogens is 162 g/mol. The van der Waals surface area contributed by atoms with Gasteiger partial charge in [-0.3, -0.25) is 0 Å². The zero-order valence-electron chi connectivity index (χ0n) is 7.61. The number of aliphatic hydroxyl groups is 1. The maximum atomic E-state index is 8.83. The van der Waals surface area contributed by atoms with Crippen LogP contribution in [0.25, 0.3) is 0 Å². The molecule has 3 N–H and O–H groups in total. The molecule has 70 valence electrons. The van der Waals surface area contributed by atoms with Crippen LogP contribution in [0.5, 0.6) is 0 Å². The number of aliphatic hydroxyl groups excluding tert-OH is 1. The summed E-state index contributed by atoms with van der Waals surface area (Å²) in [6, 6.07) is 8.40. The molecule has 13 heavy (non-hydrogen) atoms. The molecule has 2 rings (SSSR count). The van der Waals surface area contributed by atoms with Crippen LogP contribution in [-0.2, 0) is 6.42 Å². The average Bonchev–Trinajstić information content (AvgIpc) is 2.14. The minimum Gasteiger partial charge on any atom is -0.395 e. The number of hydrogen-bond donors (Lipinski definition) is 2. The van der Waals surface area contributed by atoms with Crippen LogP contribution in [-0.4, -0.2) is 17.8 Å². The largest absolute Gasteiger partial charge is 0.395 e. The first-order valence-corrected chi connectivity index (χ1v) is 4.75. The Balaban J connectivity index is 2.01. The van der Waals surface area contributed by atoms with Crippen molar-refractivity contribution in [2.45, 2.75) is 24.8 Å². The summed E-state index contributed by atoms with van der Waals surface area (Å²) < 4.78 is 0. The molecular formula is C11H15NO. The van der Waals surface area contributed by atoms with Crippen LogP contribution >= 0.6 is 0 Å². The van der Waals surface area contributed by atoms with Gasteiger partial charge in [0.25, 0.3) is 0 Å². The van der Waals surface area contributed by atoms with Crippen molar-refractivity contribution in [3.05, 3.63) is 35.4 Å². The molecule has 1 aromatic rings. The zero-order chi connectivity index (χ0) is 9.26. The van der Waals surface area contributed by atoms with E-state index in [4.69, 9.17) is 10.8 Å². The maximum Gasteiger partial charge on any atom is 0.0582 e. The molecule has 0 heterocycles. The summed E-state index contributed by atoms with van der Waals surface area (Å²) in [7, 11) is 0. The predicted molar refractivity (Wildman–Crippen MR) is 52.6 cm³/mol. The van der Waals surface area contributed by atoms with Crippen LogP contribution < -0.4 is 5.73 Å². The fourth-order valence-corrected chi connectivity index (χ4v) is 2.01. The van der Waals surface area contributed by atoms with Gasteiger partial charge < -0.3 is 10.8 Å². The van der Waals surface area contributed by atoms with E-state index in [1.54, 1.807) is 0 Å². The Morgan fingerprint density at radius 2 is 2.23 bits per heavy atom. The van der Waals surface area contributed by atoms with Crippen molar-refractivity contribution in [2.75, 3.05) is 6.61 Å². The first kappa shape index (κ1) is 8.73. The zero-order valence-corrected chi connectivity index (χ0v) is 7.61. The van der Waals surface area contributed by atoms with E-state index in [-0.39, 0.29) is 12.6 Å². The van der Waals surface area contributed by atoms with Gasteiger partial charge in [0.15, 0.2) is 0 Å². The van der Waals surface area contributed by atoms with E-state index < -0.39 is 0 Å². The third kappa shape index (κ3) is 1.60. The lowest BCUT2D eigenvalue weighted by atomic mass is 9.74. The molecule has 0 amide bonds. The monoisotopic (exact) mass is 177 g/mol. The summed E-state index contributed by atoms with van der Waals surface area (Å²) in [6.45, 7) is 0.0959. The second-order valence-electron chi connectivity index (χ2n) is 3.78. The highest BCUT2D eigenvalue weighted by atomic mass is 16.3. The Kier molecular flexibility index (Phi) is 2.34. The van der Waals surface area contributed by atoms with Crippen LogP contribution in [0.4, 0.5) is 0 Å². The molecule has 0 fully saturated rings. The molecule has 2 heteroatoms. The number of benzene rings is 1. The quantitative estimate of drug-likeness (QED) is 0.724. The van der Waals surface area contributed by atoms with Gasteiger partial charge in [-0.15, -0.1) is 0 Å². The second-order valence-corrected chi connectivity index (χ2v) is 3.78. The molecule has 2 nitrogen and oxygen atoms in total. The minimum atomic E-state index is -0.0571. The van der Waals surface area contributed by atoms with Crippen molar-refractivity contribution < 1.29 is 5.11 Å². The normalized spacial score (nSPS) is 21.8. The summed E-state index contributed by atoms with van der Waals surface area (Å²) in [5.41, 5.74) is 8.56. The molecule has 1 aliphatic carbocycles. The van der Waals surface area contributed by atoms with E-state index in [1.165, 1.54) is 11.1 Å². The molecule has 0 aliphatic heterocycles. The highest BCUT2D eigenvalue weighted by molar-refractivity contribution is 5.39. The van der Waals surface area contributed by atoms with E-state index in [9.17, 15) is 0 Å². The summed E-state index contributed by atoms with van der Waals surface area (Å²) in [6.07, 6.45) is 2.04. The van der Waals surface area contributed by atoms with Gasteiger partial charge in [-0.25, -0.2) is 0 Å². The van der Waals surface area contributed by atoms with Gasteiger partial charge in [-0.1, -0.05) is 24.3 Å². The Bertz CT molecular complexity index is 298. The summed E-state index contributed by atoms with van der Waals surface area (Å²) in [5.74, 6) is 0.582. The predicted octanol–water partition coefficient (Wildman–Crippen LogP) is 1.04. The Morgan fingerprint density at radius 1 is 1.46 bits per heavy atom. The number of fused-ring (bicyclic) bond motifs is 1. The van der Waals surface area contributed by atoms with Crippen LogP contribution in [0.3, 0.4) is 0 Å². The third-order valence-corrected chi connectivity index (χ3v) is 2.78. The highest BCUT2D eigenvalue weighted by Crippen LogP contribution is 2.37. The summed E-state index contributed by atoms with van der Waals surface area (Å²) >= 11 is 0. The third-order valence-electron chi connectivity index (χ3n) is 2.78. The second kappa shape index (κ2) is 3.48.